The number of benzene rings is 1. The molecule has 1 N–H and O–H groups in total. The Morgan fingerprint density at radius 2 is 1.55 bits per heavy atom. The standard InChI is InChI=1S/C22H32N4O3/c27-21(17-24-7-9-26(10-8-24)22(28)20-5-6-20)23-15-18-1-3-19(4-2-18)16-25-11-13-29-14-12-25/h1-4,20H,5-17H2,(H,23,27). The van der Waals surface area contributed by atoms with E-state index in [0.29, 0.717) is 19.0 Å². The zero-order chi connectivity index (χ0) is 20.1. The number of nitrogens with one attached hydrogen (secondary N) is 1. The van der Waals surface area contributed by atoms with E-state index in [-0.39, 0.29) is 11.8 Å². The lowest BCUT2D eigenvalue weighted by Crippen LogP contribution is -2.51. The summed E-state index contributed by atoms with van der Waals surface area (Å²) in [5.41, 5.74) is 2.41. The van der Waals surface area contributed by atoms with Crippen molar-refractivity contribution in [2.24, 2.45) is 5.92 Å². The van der Waals surface area contributed by atoms with Gasteiger partial charge in [-0.1, -0.05) is 24.3 Å². The van der Waals surface area contributed by atoms with Gasteiger partial charge in [0.15, 0.2) is 0 Å². The van der Waals surface area contributed by atoms with Crippen LogP contribution in [0.4, 0.5) is 0 Å². The Labute approximate surface area is 173 Å². The first-order valence-electron chi connectivity index (χ1n) is 10.8. The first kappa shape index (κ1) is 20.3. The molecule has 1 aromatic carbocycles. The molecule has 2 heterocycles. The molecule has 2 amide bonds. The number of carbonyl (C=O) groups is 2. The summed E-state index contributed by atoms with van der Waals surface area (Å²) in [7, 11) is 0. The summed E-state index contributed by atoms with van der Waals surface area (Å²) >= 11 is 0. The Morgan fingerprint density at radius 3 is 2.21 bits per heavy atom. The van der Waals surface area contributed by atoms with Gasteiger partial charge in [0.1, 0.15) is 0 Å². The van der Waals surface area contributed by atoms with Crippen molar-refractivity contribution in [3.8, 4) is 0 Å². The van der Waals surface area contributed by atoms with E-state index in [1.165, 1.54) is 5.56 Å². The first-order chi connectivity index (χ1) is 14.2. The minimum atomic E-state index is 0.0457. The zero-order valence-electron chi connectivity index (χ0n) is 17.1. The Kier molecular flexibility index (Phi) is 6.79. The van der Waals surface area contributed by atoms with E-state index in [1.54, 1.807) is 0 Å². The minimum absolute atomic E-state index is 0.0457. The molecule has 7 nitrogen and oxygen atoms in total. The molecule has 0 atom stereocenters. The number of nitrogens with zero attached hydrogens (tertiary/aromatic N) is 3. The monoisotopic (exact) mass is 400 g/mol. The van der Waals surface area contributed by atoms with Crippen molar-refractivity contribution < 1.29 is 14.3 Å². The van der Waals surface area contributed by atoms with Gasteiger partial charge in [0.2, 0.25) is 11.8 Å². The molecule has 0 radical (unpaired) electrons. The topological polar surface area (TPSA) is 65.1 Å². The largest absolute Gasteiger partial charge is 0.379 e. The van der Waals surface area contributed by atoms with Crippen LogP contribution in [0.5, 0.6) is 0 Å². The van der Waals surface area contributed by atoms with Gasteiger partial charge in [0.05, 0.1) is 19.8 Å². The summed E-state index contributed by atoms with van der Waals surface area (Å²) in [5.74, 6) is 0.639. The van der Waals surface area contributed by atoms with Crippen molar-refractivity contribution in [1.29, 1.82) is 0 Å². The molecule has 0 bridgehead atoms. The highest BCUT2D eigenvalue weighted by atomic mass is 16.5. The molecule has 29 heavy (non-hydrogen) atoms. The number of hydrogen-bond acceptors (Lipinski definition) is 5. The van der Waals surface area contributed by atoms with Crippen LogP contribution in [0.3, 0.4) is 0 Å². The Balaban J connectivity index is 1.14. The maximum atomic E-state index is 12.3. The van der Waals surface area contributed by atoms with Crippen LogP contribution >= 0.6 is 0 Å². The van der Waals surface area contributed by atoms with Crippen LogP contribution in [0.2, 0.25) is 0 Å². The lowest BCUT2D eigenvalue weighted by molar-refractivity contribution is -0.134. The summed E-state index contributed by atoms with van der Waals surface area (Å²) in [6.45, 7) is 8.56. The lowest BCUT2D eigenvalue weighted by Gasteiger charge is -2.34. The van der Waals surface area contributed by atoms with Crippen molar-refractivity contribution in [2.45, 2.75) is 25.9 Å². The molecular formula is C22H32N4O3. The Bertz CT molecular complexity index is 691. The highest BCUT2D eigenvalue weighted by Crippen LogP contribution is 2.31. The smallest absolute Gasteiger partial charge is 0.234 e. The van der Waals surface area contributed by atoms with Crippen LogP contribution in [0, 0.1) is 5.92 Å². The number of piperazine rings is 1. The first-order valence-corrected chi connectivity index (χ1v) is 10.8. The van der Waals surface area contributed by atoms with Gasteiger partial charge in [-0.15, -0.1) is 0 Å². The van der Waals surface area contributed by atoms with E-state index in [1.807, 2.05) is 4.90 Å². The highest BCUT2D eigenvalue weighted by molar-refractivity contribution is 5.81. The van der Waals surface area contributed by atoms with Crippen LogP contribution in [0.25, 0.3) is 0 Å². The zero-order valence-corrected chi connectivity index (χ0v) is 17.1. The molecule has 2 saturated heterocycles. The molecule has 2 aliphatic heterocycles. The van der Waals surface area contributed by atoms with E-state index in [0.717, 1.165) is 77.4 Å². The fourth-order valence-corrected chi connectivity index (χ4v) is 3.95. The number of carbonyl (C=O) groups excluding carboxylic acids is 2. The second-order valence-electron chi connectivity index (χ2n) is 8.36. The molecule has 0 unspecified atom stereocenters. The number of morpholine rings is 1. The second-order valence-corrected chi connectivity index (χ2v) is 8.36. The molecule has 0 aromatic heterocycles. The summed E-state index contributed by atoms with van der Waals surface area (Å²) < 4.78 is 5.39. The molecule has 3 aliphatic rings. The van der Waals surface area contributed by atoms with Crippen molar-refractivity contribution in [3.05, 3.63) is 35.4 Å². The predicted octanol–water partition coefficient (Wildman–Crippen LogP) is 0.689. The van der Waals surface area contributed by atoms with Crippen LogP contribution in [-0.2, 0) is 27.4 Å². The predicted molar refractivity (Wildman–Crippen MR) is 110 cm³/mol. The molecule has 1 saturated carbocycles. The minimum Gasteiger partial charge on any atom is -0.379 e. The molecule has 3 fully saturated rings. The van der Waals surface area contributed by atoms with Gasteiger partial charge in [-0.05, 0) is 24.0 Å². The van der Waals surface area contributed by atoms with Gasteiger partial charge in [-0.2, -0.15) is 0 Å². The Morgan fingerprint density at radius 1 is 0.897 bits per heavy atom. The SMILES string of the molecule is O=C(CN1CCN(C(=O)C2CC2)CC1)NCc1ccc(CN2CCOCC2)cc1. The van der Waals surface area contributed by atoms with E-state index >= 15 is 0 Å². The third-order valence-corrected chi connectivity index (χ3v) is 6.00. The van der Waals surface area contributed by atoms with Gasteiger partial charge < -0.3 is 15.0 Å². The van der Waals surface area contributed by atoms with Crippen LogP contribution < -0.4 is 5.32 Å². The van der Waals surface area contributed by atoms with Crippen molar-refractivity contribution in [2.75, 3.05) is 59.0 Å². The van der Waals surface area contributed by atoms with Crippen molar-refractivity contribution in [1.82, 2.24) is 20.0 Å². The third kappa shape index (κ3) is 6.01. The molecule has 1 aromatic rings. The second kappa shape index (κ2) is 9.69. The van der Waals surface area contributed by atoms with Gasteiger partial charge in [0.25, 0.3) is 0 Å². The van der Waals surface area contributed by atoms with Crippen molar-refractivity contribution >= 4 is 11.8 Å². The van der Waals surface area contributed by atoms with E-state index in [4.69, 9.17) is 4.74 Å². The third-order valence-electron chi connectivity index (χ3n) is 6.00. The fraction of sp³-hybridized carbons (Fsp3) is 0.636. The summed E-state index contributed by atoms with van der Waals surface area (Å²) in [6.07, 6.45) is 2.10. The molecule has 7 heteroatoms. The summed E-state index contributed by atoms with van der Waals surface area (Å²) in [5, 5.41) is 3.02. The number of rotatable bonds is 7. The molecule has 4 rings (SSSR count). The number of ether oxygens (including phenoxy) is 1. The van der Waals surface area contributed by atoms with Gasteiger partial charge in [-0.3, -0.25) is 19.4 Å². The molecular weight excluding hydrogens is 368 g/mol. The van der Waals surface area contributed by atoms with Crippen LogP contribution in [-0.4, -0.2) is 85.5 Å². The Hall–Kier alpha value is -1.96. The van der Waals surface area contributed by atoms with Gasteiger partial charge in [-0.25, -0.2) is 0 Å². The van der Waals surface area contributed by atoms with Crippen molar-refractivity contribution in [3.63, 3.8) is 0 Å². The van der Waals surface area contributed by atoms with Crippen LogP contribution in [0.15, 0.2) is 24.3 Å². The average molecular weight is 401 g/mol. The molecule has 1 aliphatic carbocycles. The summed E-state index contributed by atoms with van der Waals surface area (Å²) in [6, 6.07) is 8.48. The number of amides is 2. The van der Waals surface area contributed by atoms with E-state index in [2.05, 4.69) is 39.4 Å². The maximum Gasteiger partial charge on any atom is 0.234 e. The number of hydrogen-bond donors (Lipinski definition) is 1. The van der Waals surface area contributed by atoms with Crippen LogP contribution in [0.1, 0.15) is 24.0 Å². The van der Waals surface area contributed by atoms with E-state index < -0.39 is 0 Å². The molecule has 158 valence electrons. The fourth-order valence-electron chi connectivity index (χ4n) is 3.95. The highest BCUT2D eigenvalue weighted by Gasteiger charge is 2.34. The lowest BCUT2D eigenvalue weighted by atomic mass is 10.1. The normalized spacial score (nSPS) is 21.2. The average Bonchev–Trinajstić information content (AvgIpc) is 3.60. The van der Waals surface area contributed by atoms with E-state index in [9.17, 15) is 9.59 Å². The quantitative estimate of drug-likeness (QED) is 0.730. The van der Waals surface area contributed by atoms with Gasteiger partial charge in [0, 0.05) is 58.3 Å². The van der Waals surface area contributed by atoms with Gasteiger partial charge >= 0.3 is 0 Å². The molecule has 0 spiro atoms. The maximum absolute atomic E-state index is 12.3. The summed E-state index contributed by atoms with van der Waals surface area (Å²) in [4.78, 5) is 30.9.